The molecule has 0 unspecified atom stereocenters. The third-order valence-electron chi connectivity index (χ3n) is 3.70. The van der Waals surface area contributed by atoms with Gasteiger partial charge < -0.3 is 10.3 Å². The van der Waals surface area contributed by atoms with Crippen LogP contribution in [-0.4, -0.2) is 42.5 Å². The van der Waals surface area contributed by atoms with Crippen molar-refractivity contribution < 1.29 is 4.79 Å². The molecule has 0 saturated heterocycles. The van der Waals surface area contributed by atoms with Crippen LogP contribution in [-0.2, 0) is 11.2 Å². The van der Waals surface area contributed by atoms with Gasteiger partial charge in [-0.3, -0.25) is 9.69 Å². The number of carbonyl (C=O) groups is 1. The van der Waals surface area contributed by atoms with Crippen molar-refractivity contribution in [3.05, 3.63) is 36.0 Å². The maximum Gasteiger partial charge on any atom is 0.234 e. The molecular weight excluding hydrogens is 262 g/mol. The number of carbonyl (C=O) groups excluding carboxylic acids is 1. The van der Waals surface area contributed by atoms with Crippen LogP contribution in [0.2, 0.25) is 0 Å². The Morgan fingerprint density at radius 1 is 1.33 bits per heavy atom. The lowest BCUT2D eigenvalue weighted by Crippen LogP contribution is -2.36. The van der Waals surface area contributed by atoms with Gasteiger partial charge in [0.05, 0.1) is 6.54 Å². The molecule has 1 aromatic carbocycles. The second kappa shape index (κ2) is 7.84. The maximum absolute atomic E-state index is 11.8. The van der Waals surface area contributed by atoms with E-state index in [0.717, 1.165) is 31.3 Å². The van der Waals surface area contributed by atoms with E-state index in [9.17, 15) is 4.79 Å². The van der Waals surface area contributed by atoms with Crippen molar-refractivity contribution in [2.45, 2.75) is 26.2 Å². The topological polar surface area (TPSA) is 48.1 Å². The number of para-hydroxylation sites is 1. The fraction of sp³-hybridized carbons (Fsp3) is 0.471. The van der Waals surface area contributed by atoms with E-state index in [-0.39, 0.29) is 5.91 Å². The van der Waals surface area contributed by atoms with Gasteiger partial charge in [-0.25, -0.2) is 0 Å². The Hall–Kier alpha value is -1.81. The Bertz CT molecular complexity index is 576. The number of likely N-dealkylation sites (N-methyl/N-ethyl adjacent to an activating group) is 1. The van der Waals surface area contributed by atoms with Crippen molar-refractivity contribution in [1.82, 2.24) is 15.2 Å². The first-order chi connectivity index (χ1) is 10.2. The summed E-state index contributed by atoms with van der Waals surface area (Å²) in [5.41, 5.74) is 2.41. The summed E-state index contributed by atoms with van der Waals surface area (Å²) in [6.07, 6.45) is 5.18. The standard InChI is InChI=1S/C17H25N3O/c1-3-4-11-20(2)13-17(21)18-10-9-14-12-19-16-8-6-5-7-15(14)16/h5-8,12,19H,3-4,9-11,13H2,1-2H3,(H,18,21). The first-order valence-electron chi connectivity index (χ1n) is 7.71. The third-order valence-corrected chi connectivity index (χ3v) is 3.70. The number of fused-ring (bicyclic) bond motifs is 1. The number of aromatic amines is 1. The van der Waals surface area contributed by atoms with Gasteiger partial charge >= 0.3 is 0 Å². The number of rotatable bonds is 8. The lowest BCUT2D eigenvalue weighted by molar-refractivity contribution is -0.121. The summed E-state index contributed by atoms with van der Waals surface area (Å²) in [4.78, 5) is 17.2. The fourth-order valence-electron chi connectivity index (χ4n) is 2.48. The number of H-pyrrole nitrogens is 1. The molecule has 21 heavy (non-hydrogen) atoms. The number of benzene rings is 1. The van der Waals surface area contributed by atoms with Crippen LogP contribution in [0.1, 0.15) is 25.3 Å². The summed E-state index contributed by atoms with van der Waals surface area (Å²) >= 11 is 0. The molecule has 0 atom stereocenters. The van der Waals surface area contributed by atoms with E-state index in [0.29, 0.717) is 13.1 Å². The zero-order valence-corrected chi connectivity index (χ0v) is 13.0. The van der Waals surface area contributed by atoms with Crippen LogP contribution in [0.4, 0.5) is 0 Å². The van der Waals surface area contributed by atoms with Crippen molar-refractivity contribution in [3.8, 4) is 0 Å². The van der Waals surface area contributed by atoms with E-state index < -0.39 is 0 Å². The van der Waals surface area contributed by atoms with Crippen molar-refractivity contribution in [2.24, 2.45) is 0 Å². The lowest BCUT2D eigenvalue weighted by atomic mass is 10.1. The van der Waals surface area contributed by atoms with E-state index in [1.807, 2.05) is 25.4 Å². The van der Waals surface area contributed by atoms with Gasteiger partial charge in [0.15, 0.2) is 0 Å². The summed E-state index contributed by atoms with van der Waals surface area (Å²) in [7, 11) is 1.99. The largest absolute Gasteiger partial charge is 0.361 e. The molecule has 0 spiro atoms. The predicted molar refractivity (Wildman–Crippen MR) is 87.4 cm³/mol. The molecule has 1 heterocycles. The molecule has 2 N–H and O–H groups in total. The van der Waals surface area contributed by atoms with Crippen LogP contribution in [0.15, 0.2) is 30.5 Å². The molecule has 0 fully saturated rings. The molecule has 0 bridgehead atoms. The number of unbranched alkanes of at least 4 members (excludes halogenated alkanes) is 1. The minimum absolute atomic E-state index is 0.105. The minimum Gasteiger partial charge on any atom is -0.361 e. The summed E-state index contributed by atoms with van der Waals surface area (Å²) in [6, 6.07) is 8.25. The molecule has 4 nitrogen and oxygen atoms in total. The highest BCUT2D eigenvalue weighted by atomic mass is 16.2. The van der Waals surface area contributed by atoms with Gasteiger partial charge in [0.1, 0.15) is 0 Å². The second-order valence-electron chi connectivity index (χ2n) is 5.55. The SMILES string of the molecule is CCCCN(C)CC(=O)NCCc1c[nH]c2ccccc12. The Morgan fingerprint density at radius 2 is 2.14 bits per heavy atom. The highest BCUT2D eigenvalue weighted by molar-refractivity contribution is 5.83. The molecule has 0 saturated carbocycles. The van der Waals surface area contributed by atoms with Crippen LogP contribution in [0.25, 0.3) is 10.9 Å². The molecule has 114 valence electrons. The zero-order chi connectivity index (χ0) is 15.1. The Labute approximate surface area is 126 Å². The average Bonchev–Trinajstić information content (AvgIpc) is 2.88. The number of hydrogen-bond acceptors (Lipinski definition) is 2. The zero-order valence-electron chi connectivity index (χ0n) is 13.0. The van der Waals surface area contributed by atoms with E-state index >= 15 is 0 Å². The van der Waals surface area contributed by atoms with Gasteiger partial charge in [0, 0.05) is 23.6 Å². The van der Waals surface area contributed by atoms with Crippen molar-refractivity contribution in [1.29, 1.82) is 0 Å². The Morgan fingerprint density at radius 3 is 2.95 bits per heavy atom. The van der Waals surface area contributed by atoms with Gasteiger partial charge in [0.2, 0.25) is 5.91 Å². The molecule has 0 aliphatic rings. The summed E-state index contributed by atoms with van der Waals surface area (Å²) < 4.78 is 0. The average molecular weight is 287 g/mol. The van der Waals surface area contributed by atoms with Gasteiger partial charge in [0.25, 0.3) is 0 Å². The fourth-order valence-corrected chi connectivity index (χ4v) is 2.48. The van der Waals surface area contributed by atoms with E-state index in [1.54, 1.807) is 0 Å². The van der Waals surface area contributed by atoms with Gasteiger partial charge in [-0.1, -0.05) is 31.5 Å². The molecule has 2 rings (SSSR count). The van der Waals surface area contributed by atoms with Crippen molar-refractivity contribution in [3.63, 3.8) is 0 Å². The van der Waals surface area contributed by atoms with Gasteiger partial charge in [-0.2, -0.15) is 0 Å². The highest BCUT2D eigenvalue weighted by Gasteiger charge is 2.07. The van der Waals surface area contributed by atoms with E-state index in [4.69, 9.17) is 0 Å². The molecule has 0 aliphatic carbocycles. The molecule has 0 aliphatic heterocycles. The number of amides is 1. The minimum atomic E-state index is 0.105. The van der Waals surface area contributed by atoms with Gasteiger partial charge in [-0.05, 0) is 38.1 Å². The van der Waals surface area contributed by atoms with Crippen LogP contribution >= 0.6 is 0 Å². The maximum atomic E-state index is 11.8. The molecule has 1 aromatic heterocycles. The van der Waals surface area contributed by atoms with E-state index in [1.165, 1.54) is 10.9 Å². The van der Waals surface area contributed by atoms with E-state index in [2.05, 4.69) is 34.3 Å². The van der Waals surface area contributed by atoms with Crippen LogP contribution in [0.3, 0.4) is 0 Å². The number of nitrogens with zero attached hydrogens (tertiary/aromatic N) is 1. The van der Waals surface area contributed by atoms with Crippen LogP contribution in [0.5, 0.6) is 0 Å². The van der Waals surface area contributed by atoms with Crippen molar-refractivity contribution >= 4 is 16.8 Å². The van der Waals surface area contributed by atoms with Crippen LogP contribution < -0.4 is 5.32 Å². The lowest BCUT2D eigenvalue weighted by Gasteiger charge is -2.15. The van der Waals surface area contributed by atoms with Crippen LogP contribution in [0, 0.1) is 0 Å². The molecule has 0 radical (unpaired) electrons. The quantitative estimate of drug-likeness (QED) is 0.784. The predicted octanol–water partition coefficient (Wildman–Crippen LogP) is 2.56. The first kappa shape index (κ1) is 15.6. The summed E-state index contributed by atoms with van der Waals surface area (Å²) in [5.74, 6) is 0.105. The Kier molecular flexibility index (Phi) is 5.81. The number of nitrogens with one attached hydrogen (secondary N) is 2. The third kappa shape index (κ3) is 4.60. The molecule has 4 heteroatoms. The normalized spacial score (nSPS) is 11.2. The monoisotopic (exact) mass is 287 g/mol. The smallest absolute Gasteiger partial charge is 0.234 e. The summed E-state index contributed by atoms with van der Waals surface area (Å²) in [5, 5.41) is 4.24. The molecule has 1 amide bonds. The summed E-state index contributed by atoms with van der Waals surface area (Å²) in [6.45, 7) is 4.30. The highest BCUT2D eigenvalue weighted by Crippen LogP contribution is 2.17. The van der Waals surface area contributed by atoms with Gasteiger partial charge in [-0.15, -0.1) is 0 Å². The number of aromatic nitrogens is 1. The molecular formula is C17H25N3O. The molecule has 2 aromatic rings. The van der Waals surface area contributed by atoms with Crippen molar-refractivity contribution in [2.75, 3.05) is 26.7 Å². The number of hydrogen-bond donors (Lipinski definition) is 2. The second-order valence-corrected chi connectivity index (χ2v) is 5.55. The first-order valence-corrected chi connectivity index (χ1v) is 7.71. The Balaban J connectivity index is 1.75.